The lowest BCUT2D eigenvalue weighted by molar-refractivity contribution is 0.590. The molecule has 16 aromatic carbocycles. The van der Waals surface area contributed by atoms with Crippen LogP contribution >= 0.6 is 0 Å². The van der Waals surface area contributed by atoms with Crippen molar-refractivity contribution in [2.45, 2.75) is 105 Å². The van der Waals surface area contributed by atoms with E-state index in [2.05, 4.69) is 455 Å². The molecule has 7 nitrogen and oxygen atoms in total. The van der Waals surface area contributed by atoms with E-state index in [1.807, 2.05) is 0 Å². The van der Waals surface area contributed by atoms with Gasteiger partial charge in [-0.05, 0) is 211 Å². The molecule has 0 saturated heterocycles. The summed E-state index contributed by atoms with van der Waals surface area (Å²) in [5, 5.41) is 12.2. The second kappa shape index (κ2) is 25.8. The fourth-order valence-corrected chi connectivity index (χ4v) is 20.4. The molecule has 0 atom stereocenters. The first-order valence-electron chi connectivity index (χ1n) is 42.6. The van der Waals surface area contributed by atoms with Crippen molar-refractivity contribution in [1.29, 1.82) is 0 Å². The monoisotopic (exact) mass is 1550 g/mol. The summed E-state index contributed by atoms with van der Waals surface area (Å²) in [5.74, 6) is 0. The lowest BCUT2D eigenvalue weighted by Gasteiger charge is -2.45. The van der Waals surface area contributed by atoms with Gasteiger partial charge in [0.1, 0.15) is 0 Å². The highest BCUT2D eigenvalue weighted by Gasteiger charge is 2.46. The summed E-state index contributed by atoms with van der Waals surface area (Å²) < 4.78 is 12.7. The second-order valence-corrected chi connectivity index (χ2v) is 37.8. The molecular weight excluding hydrogens is 1450 g/mol. The van der Waals surface area contributed by atoms with Gasteiger partial charge in [-0.3, -0.25) is 0 Å². The van der Waals surface area contributed by atoms with E-state index in [1.54, 1.807) is 0 Å². The van der Waals surface area contributed by atoms with Gasteiger partial charge in [0.25, 0.3) is 6.71 Å². The molecule has 0 aliphatic carbocycles. The molecule has 0 N–H and O–H groups in total. The van der Waals surface area contributed by atoms with Crippen molar-refractivity contribution in [3.63, 3.8) is 0 Å². The Morgan fingerprint density at radius 2 is 0.483 bits per heavy atom. The van der Waals surface area contributed by atoms with Gasteiger partial charge >= 0.3 is 0 Å². The maximum absolute atomic E-state index is 2.69. The normalized spacial score (nSPS) is 13.3. The molecule has 0 unspecified atom stereocenters. The average Bonchev–Trinajstić information content (AvgIpc) is 0.693. The molecule has 8 heteroatoms. The van der Waals surface area contributed by atoms with E-state index in [1.165, 1.54) is 120 Å². The predicted molar refractivity (Wildman–Crippen MR) is 512 cm³/mol. The first kappa shape index (κ1) is 71.5. The van der Waals surface area contributed by atoms with E-state index in [-0.39, 0.29) is 28.4 Å². The van der Waals surface area contributed by atoms with Gasteiger partial charge in [0, 0.05) is 93.7 Å². The number of hydrogen-bond acceptors (Lipinski definition) is 2. The zero-order valence-corrected chi connectivity index (χ0v) is 70.0. The molecule has 0 fully saturated rings. The summed E-state index contributed by atoms with van der Waals surface area (Å²) in [4.78, 5) is 5.39. The van der Waals surface area contributed by atoms with Crippen molar-refractivity contribution in [2.24, 2.45) is 0 Å². The van der Waals surface area contributed by atoms with Crippen LogP contribution in [-0.2, 0) is 21.7 Å². The lowest BCUT2D eigenvalue weighted by Crippen LogP contribution is -2.61. The van der Waals surface area contributed by atoms with Crippen molar-refractivity contribution in [1.82, 2.24) is 22.8 Å². The number of benzene rings is 16. The Hall–Kier alpha value is -13.8. The smallest absolute Gasteiger partial charge is 0.252 e. The lowest BCUT2D eigenvalue weighted by atomic mass is 9.33. The minimum atomic E-state index is -0.298. The molecule has 0 bridgehead atoms. The molecule has 2 aliphatic rings. The third-order valence-corrected chi connectivity index (χ3v) is 26.5. The molecule has 578 valence electrons. The number of anilines is 6. The molecular formula is C112H92BN7. The standard InChI is InChI=1S/C112H92BN7/c1-109(2,3)71-47-53-83-84-54-48-72(110(4,5)6)64-101(84)115(100(83)63-71)76-51-57-88-104(67-76)119(98-44-28-26-42-96(98)117-91-38-22-16-32-78(91)79-33-17-23-39-92(79)117)106-61-70(69-46-59-95-87(60-69)82-36-20-21-37-90(82)114(95)75-30-14-13-15-31-75)62-107-108(106)113(88)89-58-52-77(116-102-65-73(111(7,8)9)49-55-85(102)86-56-50-74(66-103(86)116)112(10,11)12)68-105(89)120(107)99-45-29-27-43-97(99)118-93-40-24-18-34-80(93)81-35-19-25-41-94(81)118/h13-68H,1-12H3. The predicted octanol–water partition coefficient (Wildman–Crippen LogP) is 28.1. The number of fused-ring (bicyclic) bond motifs is 19. The van der Waals surface area contributed by atoms with E-state index >= 15 is 0 Å². The third kappa shape index (κ3) is 10.7. The Morgan fingerprint density at radius 1 is 0.183 bits per heavy atom. The van der Waals surface area contributed by atoms with Crippen molar-refractivity contribution >= 4 is 166 Å². The molecule has 23 rings (SSSR count). The topological polar surface area (TPSA) is 31.1 Å². The summed E-state index contributed by atoms with van der Waals surface area (Å²) in [6.07, 6.45) is 0. The van der Waals surface area contributed by atoms with Crippen LogP contribution in [0.5, 0.6) is 0 Å². The zero-order chi connectivity index (χ0) is 81.3. The minimum absolute atomic E-state index is 0.115. The molecule has 21 aromatic rings. The summed E-state index contributed by atoms with van der Waals surface area (Å²) >= 11 is 0. The Balaban J connectivity index is 0.889. The van der Waals surface area contributed by atoms with Crippen LogP contribution in [0.25, 0.3) is 149 Å². The van der Waals surface area contributed by atoms with Gasteiger partial charge in [0.15, 0.2) is 0 Å². The fraction of sp³-hybridized carbons (Fsp3) is 0.143. The van der Waals surface area contributed by atoms with Crippen LogP contribution in [-0.4, -0.2) is 29.5 Å². The van der Waals surface area contributed by atoms with Crippen LogP contribution in [0, 0.1) is 0 Å². The van der Waals surface area contributed by atoms with Crippen molar-refractivity contribution < 1.29 is 0 Å². The molecule has 2 aliphatic heterocycles. The van der Waals surface area contributed by atoms with Crippen LogP contribution in [0.3, 0.4) is 0 Å². The third-order valence-electron chi connectivity index (χ3n) is 26.5. The van der Waals surface area contributed by atoms with E-state index in [0.29, 0.717) is 0 Å². The number of hydrogen-bond donors (Lipinski definition) is 0. The highest BCUT2D eigenvalue weighted by molar-refractivity contribution is 7.00. The van der Waals surface area contributed by atoms with Gasteiger partial charge in [-0.2, -0.15) is 0 Å². The highest BCUT2D eigenvalue weighted by Crippen LogP contribution is 2.53. The van der Waals surface area contributed by atoms with Gasteiger partial charge in [0.05, 0.1) is 77.9 Å². The van der Waals surface area contributed by atoms with Gasteiger partial charge in [-0.15, -0.1) is 0 Å². The minimum Gasteiger partial charge on any atom is -0.309 e. The van der Waals surface area contributed by atoms with Gasteiger partial charge in [-0.25, -0.2) is 0 Å². The fourth-order valence-electron chi connectivity index (χ4n) is 20.4. The van der Waals surface area contributed by atoms with Gasteiger partial charge < -0.3 is 32.6 Å². The number of para-hydroxylation sites is 10. The molecule has 120 heavy (non-hydrogen) atoms. The average molecular weight is 1550 g/mol. The van der Waals surface area contributed by atoms with Gasteiger partial charge in [0.2, 0.25) is 0 Å². The van der Waals surface area contributed by atoms with Crippen LogP contribution in [0.2, 0.25) is 0 Å². The molecule has 0 spiro atoms. The summed E-state index contributed by atoms with van der Waals surface area (Å²) in [7, 11) is 0. The van der Waals surface area contributed by atoms with Gasteiger partial charge in [-0.1, -0.05) is 283 Å². The number of nitrogens with zero attached hydrogens (tertiary/aromatic N) is 7. The number of rotatable bonds is 8. The molecule has 7 heterocycles. The molecule has 5 aromatic heterocycles. The van der Waals surface area contributed by atoms with Crippen LogP contribution < -0.4 is 26.2 Å². The Labute approximate surface area is 700 Å². The van der Waals surface area contributed by atoms with Crippen molar-refractivity contribution in [2.75, 3.05) is 9.80 Å². The van der Waals surface area contributed by atoms with E-state index in [9.17, 15) is 0 Å². The van der Waals surface area contributed by atoms with Crippen molar-refractivity contribution in [3.8, 4) is 39.6 Å². The second-order valence-electron chi connectivity index (χ2n) is 37.8. The maximum Gasteiger partial charge on any atom is 0.252 e. The maximum atomic E-state index is 2.69. The summed E-state index contributed by atoms with van der Waals surface area (Å²) in [6, 6.07) is 131. The van der Waals surface area contributed by atoms with E-state index in [4.69, 9.17) is 0 Å². The Morgan fingerprint density at radius 3 is 0.850 bits per heavy atom. The molecule has 0 radical (unpaired) electrons. The van der Waals surface area contributed by atoms with Crippen LogP contribution in [0.4, 0.5) is 34.1 Å². The van der Waals surface area contributed by atoms with Crippen molar-refractivity contribution in [3.05, 3.63) is 362 Å². The van der Waals surface area contributed by atoms with Crippen LogP contribution in [0.1, 0.15) is 105 Å². The number of aromatic nitrogens is 5. The largest absolute Gasteiger partial charge is 0.309 e. The first-order valence-corrected chi connectivity index (χ1v) is 42.6. The Kier molecular flexibility index (Phi) is 15.4. The van der Waals surface area contributed by atoms with E-state index in [0.717, 1.165) is 101 Å². The quantitative estimate of drug-likeness (QED) is 0.142. The zero-order valence-electron chi connectivity index (χ0n) is 70.0. The molecule has 0 amide bonds. The van der Waals surface area contributed by atoms with Crippen LogP contribution in [0.15, 0.2) is 340 Å². The first-order chi connectivity index (χ1) is 58.1. The highest BCUT2D eigenvalue weighted by atomic mass is 15.2. The molecule has 0 saturated carbocycles. The summed E-state index contributed by atoms with van der Waals surface area (Å²) in [5.41, 5.74) is 34.2. The Bertz CT molecular complexity index is 7290. The summed E-state index contributed by atoms with van der Waals surface area (Å²) in [6.45, 7) is 27.8. The SMILES string of the molecule is CC(C)(C)c1ccc2c3ccc(C(C)(C)C)cc3n(-c3ccc4c(c3)N(c3ccccc3-n3c5ccccc5c5ccccc53)c3cc(-c5ccc6c(c5)c5ccccc5n6-c5ccccc5)cc5c3B4c3ccc(-n4c6cc(C(C)(C)C)ccc6c6ccc(C(C)(C)C)cc64)cc3N5c3ccccc3-n3c4ccccc4c4ccccc43)c2c1. The van der Waals surface area contributed by atoms with E-state index < -0.39 is 0 Å².